The minimum Gasteiger partial charge on any atom is -0.507 e. The molecule has 0 aliphatic rings. The van der Waals surface area contributed by atoms with E-state index < -0.39 is 0 Å². The van der Waals surface area contributed by atoms with Crippen LogP contribution in [0.2, 0.25) is 0 Å². The topological polar surface area (TPSA) is 65.2 Å². The van der Waals surface area contributed by atoms with Crippen LogP contribution in [0.4, 0.5) is 11.4 Å². The Morgan fingerprint density at radius 1 is 0.614 bits per heavy atom. The lowest BCUT2D eigenvalue weighted by Crippen LogP contribution is -2.10. The average molecular weight is 591 g/mol. The zero-order valence-electron chi connectivity index (χ0n) is 28.3. The first-order valence-electron chi connectivity index (χ1n) is 15.8. The Balaban J connectivity index is 1.80. The fraction of sp³-hybridized carbons (Fsp3) is 0.400. The van der Waals surface area contributed by atoms with Crippen molar-refractivity contribution in [1.29, 1.82) is 0 Å². The Labute approximate surface area is 264 Å². The van der Waals surface area contributed by atoms with E-state index in [0.29, 0.717) is 0 Å². The van der Waals surface area contributed by atoms with E-state index >= 15 is 0 Å². The highest BCUT2D eigenvalue weighted by atomic mass is 16.3. The lowest BCUT2D eigenvalue weighted by atomic mass is 9.85. The molecule has 0 spiro atoms. The minimum atomic E-state index is 0.124. The molecular formula is C40H50N2O2. The molecule has 0 heterocycles. The van der Waals surface area contributed by atoms with Gasteiger partial charge in [0.25, 0.3) is 0 Å². The highest BCUT2D eigenvalue weighted by Gasteiger charge is 2.18. The van der Waals surface area contributed by atoms with Crippen LogP contribution in [0.3, 0.4) is 0 Å². The van der Waals surface area contributed by atoms with Crippen LogP contribution >= 0.6 is 0 Å². The molecule has 4 aromatic rings. The first-order chi connectivity index (χ1) is 20.5. The van der Waals surface area contributed by atoms with Gasteiger partial charge in [0.05, 0.1) is 11.4 Å². The van der Waals surface area contributed by atoms with Crippen LogP contribution in [-0.2, 0) is 12.8 Å². The third-order valence-electron chi connectivity index (χ3n) is 7.72. The van der Waals surface area contributed by atoms with Crippen LogP contribution in [-0.4, -0.2) is 22.6 Å². The van der Waals surface area contributed by atoms with E-state index in [0.717, 1.165) is 57.2 Å². The maximum atomic E-state index is 11.2. The molecule has 4 nitrogen and oxygen atoms in total. The number of hydrogen-bond acceptors (Lipinski definition) is 4. The second-order valence-electron chi connectivity index (χ2n) is 15.2. The Morgan fingerprint density at radius 3 is 1.34 bits per heavy atom. The molecule has 0 unspecified atom stereocenters. The summed E-state index contributed by atoms with van der Waals surface area (Å²) in [7, 11) is 0. The van der Waals surface area contributed by atoms with E-state index in [1.165, 1.54) is 11.1 Å². The second kappa shape index (κ2) is 13.0. The molecule has 0 atom stereocenters. The van der Waals surface area contributed by atoms with Crippen molar-refractivity contribution in [1.82, 2.24) is 0 Å². The van der Waals surface area contributed by atoms with Gasteiger partial charge in [-0.1, -0.05) is 106 Å². The van der Waals surface area contributed by atoms with Gasteiger partial charge in [-0.25, -0.2) is 0 Å². The SMILES string of the molecule is CC(C)c1cc(CC(C)(C)C)cc(C=Nc2cccc3cccc(N=Cc4cc(CC(C)(C)C)cc(C(C)C)c4O)c23)c1O. The first-order valence-corrected chi connectivity index (χ1v) is 15.8. The van der Waals surface area contributed by atoms with Crippen molar-refractivity contribution in [3.63, 3.8) is 0 Å². The van der Waals surface area contributed by atoms with Crippen LogP contribution in [0, 0.1) is 10.8 Å². The molecule has 4 aromatic carbocycles. The predicted molar refractivity (Wildman–Crippen MR) is 189 cm³/mol. The highest BCUT2D eigenvalue weighted by molar-refractivity contribution is 6.04. The van der Waals surface area contributed by atoms with E-state index in [1.807, 2.05) is 24.3 Å². The summed E-state index contributed by atoms with van der Waals surface area (Å²) in [6.07, 6.45) is 5.37. The number of benzene rings is 4. The summed E-state index contributed by atoms with van der Waals surface area (Å²) >= 11 is 0. The van der Waals surface area contributed by atoms with Gasteiger partial charge in [-0.05, 0) is 87.4 Å². The number of fused-ring (bicyclic) bond motifs is 1. The molecule has 0 aliphatic heterocycles. The van der Waals surface area contributed by atoms with Gasteiger partial charge < -0.3 is 10.2 Å². The number of phenolic OH excluding ortho intramolecular Hbond substituents is 2. The zero-order valence-corrected chi connectivity index (χ0v) is 28.3. The minimum absolute atomic E-state index is 0.124. The van der Waals surface area contributed by atoms with Gasteiger partial charge in [-0.15, -0.1) is 0 Å². The predicted octanol–water partition coefficient (Wildman–Crippen LogP) is 11.2. The molecule has 2 N–H and O–H groups in total. The van der Waals surface area contributed by atoms with Gasteiger partial charge in [-0.2, -0.15) is 0 Å². The second-order valence-corrected chi connectivity index (χ2v) is 15.2. The summed E-state index contributed by atoms with van der Waals surface area (Å²) in [4.78, 5) is 9.84. The third-order valence-corrected chi connectivity index (χ3v) is 7.72. The molecule has 0 radical (unpaired) electrons. The molecular weight excluding hydrogens is 540 g/mol. The van der Waals surface area contributed by atoms with Crippen LogP contribution in [0.1, 0.15) is 114 Å². The van der Waals surface area contributed by atoms with E-state index in [9.17, 15) is 10.2 Å². The average Bonchev–Trinajstić information content (AvgIpc) is 2.91. The Hall–Kier alpha value is -3.92. The Bertz CT molecular complexity index is 1570. The number of aliphatic imine (C=N–C) groups is 2. The molecule has 44 heavy (non-hydrogen) atoms. The molecule has 0 saturated heterocycles. The fourth-order valence-electron chi connectivity index (χ4n) is 5.79. The first kappa shape index (κ1) is 33.0. The molecule has 0 saturated carbocycles. The van der Waals surface area contributed by atoms with Crippen LogP contribution in [0.25, 0.3) is 10.8 Å². The summed E-state index contributed by atoms with van der Waals surface area (Å²) in [5.74, 6) is 0.947. The van der Waals surface area contributed by atoms with Gasteiger partial charge in [0.15, 0.2) is 0 Å². The maximum Gasteiger partial charge on any atom is 0.127 e. The normalized spacial score (nSPS) is 12.9. The Morgan fingerprint density at radius 2 is 1.00 bits per heavy atom. The van der Waals surface area contributed by atoms with E-state index in [4.69, 9.17) is 9.98 Å². The van der Waals surface area contributed by atoms with Gasteiger partial charge >= 0.3 is 0 Å². The molecule has 4 rings (SSSR count). The van der Waals surface area contributed by atoms with Crippen molar-refractivity contribution < 1.29 is 10.2 Å². The third kappa shape index (κ3) is 8.16. The molecule has 0 amide bonds. The van der Waals surface area contributed by atoms with Gasteiger partial charge in [0, 0.05) is 28.9 Å². The molecule has 0 bridgehead atoms. The smallest absolute Gasteiger partial charge is 0.127 e. The van der Waals surface area contributed by atoms with Crippen molar-refractivity contribution in [2.24, 2.45) is 20.8 Å². The number of rotatable bonds is 8. The van der Waals surface area contributed by atoms with Crippen LogP contribution < -0.4 is 0 Å². The lowest BCUT2D eigenvalue weighted by Gasteiger charge is -2.20. The van der Waals surface area contributed by atoms with Gasteiger partial charge in [0.2, 0.25) is 0 Å². The van der Waals surface area contributed by atoms with Crippen LogP contribution in [0.15, 0.2) is 70.6 Å². The largest absolute Gasteiger partial charge is 0.507 e. The number of aromatic hydroxyl groups is 2. The monoisotopic (exact) mass is 590 g/mol. The van der Waals surface area contributed by atoms with Gasteiger partial charge in [0.1, 0.15) is 11.5 Å². The van der Waals surface area contributed by atoms with Crippen molar-refractivity contribution in [2.75, 3.05) is 0 Å². The number of hydrogen-bond donors (Lipinski definition) is 2. The standard InChI is InChI=1S/C40H50N2O2/c1-25(2)32-19-27(21-39(5,6)7)17-30(37(32)43)23-41-34-15-11-13-29-14-12-16-35(36(29)34)42-24-31-18-28(22-40(8,9)10)20-33(26(3)4)38(31)44/h11-20,23-26,43-44H,21-22H2,1-10H3. The Kier molecular flexibility index (Phi) is 9.73. The summed E-state index contributed by atoms with van der Waals surface area (Å²) < 4.78 is 0. The lowest BCUT2D eigenvalue weighted by molar-refractivity contribution is 0.409. The zero-order chi connectivity index (χ0) is 32.4. The summed E-state index contributed by atoms with van der Waals surface area (Å²) in [6, 6.07) is 20.4. The number of phenols is 2. The van der Waals surface area contributed by atoms with E-state index in [1.54, 1.807) is 12.4 Å². The van der Waals surface area contributed by atoms with Gasteiger partial charge in [-0.3, -0.25) is 9.98 Å². The van der Waals surface area contributed by atoms with Crippen molar-refractivity contribution in [3.8, 4) is 11.5 Å². The van der Waals surface area contributed by atoms with Crippen molar-refractivity contribution in [2.45, 2.75) is 93.9 Å². The van der Waals surface area contributed by atoms with Crippen molar-refractivity contribution in [3.05, 3.63) is 94.0 Å². The number of nitrogens with zero attached hydrogens (tertiary/aromatic N) is 2. The van der Waals surface area contributed by atoms with E-state index in [-0.39, 0.29) is 34.2 Å². The van der Waals surface area contributed by atoms with Crippen LogP contribution in [0.5, 0.6) is 11.5 Å². The summed E-state index contributed by atoms with van der Waals surface area (Å²) in [6.45, 7) is 21.8. The fourth-order valence-corrected chi connectivity index (χ4v) is 5.79. The summed E-state index contributed by atoms with van der Waals surface area (Å²) in [5.41, 5.74) is 7.49. The van der Waals surface area contributed by atoms with Crippen molar-refractivity contribution >= 4 is 34.6 Å². The molecule has 232 valence electrons. The summed E-state index contributed by atoms with van der Waals surface area (Å²) in [5, 5.41) is 24.3. The highest BCUT2D eigenvalue weighted by Crippen LogP contribution is 2.37. The van der Waals surface area contributed by atoms with E-state index in [2.05, 4.69) is 106 Å². The maximum absolute atomic E-state index is 11.2. The molecule has 4 heteroatoms. The molecule has 0 fully saturated rings. The molecule has 0 aliphatic carbocycles. The quantitative estimate of drug-likeness (QED) is 0.200. The molecule has 0 aromatic heterocycles.